The number of benzene rings is 6. The first-order valence-electron chi connectivity index (χ1n) is 16.6. The summed E-state index contributed by atoms with van der Waals surface area (Å²) in [7, 11) is 0. The van der Waals surface area contributed by atoms with E-state index in [1.807, 2.05) is 54.7 Å². The molecular formula is C45H28N4. The van der Waals surface area contributed by atoms with Crippen LogP contribution in [0.3, 0.4) is 0 Å². The lowest BCUT2D eigenvalue weighted by atomic mass is 9.70. The van der Waals surface area contributed by atoms with Crippen molar-refractivity contribution in [3.8, 4) is 67.7 Å². The van der Waals surface area contributed by atoms with E-state index in [0.717, 1.165) is 27.9 Å². The van der Waals surface area contributed by atoms with Crippen LogP contribution in [0.2, 0.25) is 0 Å². The van der Waals surface area contributed by atoms with Crippen molar-refractivity contribution < 1.29 is 0 Å². The molecule has 2 heterocycles. The van der Waals surface area contributed by atoms with Gasteiger partial charge in [0, 0.05) is 28.5 Å². The van der Waals surface area contributed by atoms with Gasteiger partial charge in [0.05, 0.1) is 11.1 Å². The van der Waals surface area contributed by atoms with Gasteiger partial charge in [-0.3, -0.25) is 4.98 Å². The van der Waals surface area contributed by atoms with Crippen molar-refractivity contribution in [3.05, 3.63) is 192 Å². The summed E-state index contributed by atoms with van der Waals surface area (Å²) in [6, 6.07) is 57.8. The Bertz CT molecular complexity index is 2480. The topological polar surface area (TPSA) is 51.6 Å². The van der Waals surface area contributed by atoms with Crippen LogP contribution in [0.15, 0.2) is 170 Å². The lowest BCUT2D eigenvalue weighted by Crippen LogP contribution is -2.25. The number of hydrogen-bond acceptors (Lipinski definition) is 4. The van der Waals surface area contributed by atoms with Crippen LogP contribution in [-0.4, -0.2) is 19.9 Å². The zero-order valence-corrected chi connectivity index (χ0v) is 26.5. The molecule has 4 heteroatoms. The van der Waals surface area contributed by atoms with E-state index in [1.54, 1.807) is 0 Å². The molecule has 8 aromatic rings. The van der Waals surface area contributed by atoms with Crippen LogP contribution < -0.4 is 0 Å². The van der Waals surface area contributed by atoms with Crippen molar-refractivity contribution in [2.75, 3.05) is 0 Å². The van der Waals surface area contributed by atoms with Crippen molar-refractivity contribution in [3.63, 3.8) is 0 Å². The molecule has 10 rings (SSSR count). The van der Waals surface area contributed by atoms with E-state index in [4.69, 9.17) is 15.0 Å². The Morgan fingerprint density at radius 3 is 1.35 bits per heavy atom. The van der Waals surface area contributed by atoms with Gasteiger partial charge < -0.3 is 0 Å². The summed E-state index contributed by atoms with van der Waals surface area (Å²) in [5, 5.41) is 0. The van der Waals surface area contributed by atoms with Crippen LogP contribution in [-0.2, 0) is 5.41 Å². The number of rotatable bonds is 4. The highest BCUT2D eigenvalue weighted by atomic mass is 15.0. The number of fused-ring (bicyclic) bond motifs is 10. The van der Waals surface area contributed by atoms with Gasteiger partial charge in [0.15, 0.2) is 17.5 Å². The fraction of sp³-hybridized carbons (Fsp3) is 0.0222. The summed E-state index contributed by atoms with van der Waals surface area (Å²) in [5.41, 5.74) is 14.6. The minimum Gasteiger partial charge on any atom is -0.256 e. The summed E-state index contributed by atoms with van der Waals surface area (Å²) in [6.07, 6.45) is 1.82. The van der Waals surface area contributed by atoms with E-state index in [0.29, 0.717) is 17.5 Å². The third-order valence-electron chi connectivity index (χ3n) is 10.0. The minimum absolute atomic E-state index is 0.436. The molecule has 0 aliphatic heterocycles. The van der Waals surface area contributed by atoms with Crippen molar-refractivity contribution >= 4 is 0 Å². The first-order chi connectivity index (χ1) is 24.3. The minimum atomic E-state index is -0.436. The standard InChI is InChI=1S/C45H28N4/c1-2-12-30(13-3-1)42-47-43(31-23-21-29(22-24-31)41-20-10-11-27-46-41)49-44(48-42)32-25-26-36-35-16-6-9-19-39(35)45(40(36)28-32)37-17-7-4-14-33(37)34-15-5-8-18-38(34)45/h1-28H. The highest BCUT2D eigenvalue weighted by molar-refractivity contribution is 5.95. The molecule has 6 aromatic carbocycles. The summed E-state index contributed by atoms with van der Waals surface area (Å²) in [4.78, 5) is 19.8. The Balaban J connectivity index is 1.18. The number of aromatic nitrogens is 4. The third-order valence-corrected chi connectivity index (χ3v) is 10.0. The molecule has 0 fully saturated rings. The van der Waals surface area contributed by atoms with Crippen LogP contribution in [0.5, 0.6) is 0 Å². The molecular weight excluding hydrogens is 597 g/mol. The maximum Gasteiger partial charge on any atom is 0.164 e. The molecule has 0 N–H and O–H groups in total. The van der Waals surface area contributed by atoms with Gasteiger partial charge in [-0.2, -0.15) is 0 Å². The molecule has 0 unspecified atom stereocenters. The van der Waals surface area contributed by atoms with Crippen molar-refractivity contribution in [1.82, 2.24) is 19.9 Å². The number of hydrogen-bond donors (Lipinski definition) is 0. The summed E-state index contributed by atoms with van der Waals surface area (Å²) in [5.74, 6) is 1.92. The van der Waals surface area contributed by atoms with Crippen LogP contribution >= 0.6 is 0 Å². The predicted molar refractivity (Wildman–Crippen MR) is 196 cm³/mol. The first-order valence-corrected chi connectivity index (χ1v) is 16.6. The zero-order valence-electron chi connectivity index (χ0n) is 26.5. The van der Waals surface area contributed by atoms with Crippen LogP contribution in [0.4, 0.5) is 0 Å². The summed E-state index contributed by atoms with van der Waals surface area (Å²) >= 11 is 0. The quantitative estimate of drug-likeness (QED) is 0.196. The van der Waals surface area contributed by atoms with E-state index < -0.39 is 5.41 Å². The average Bonchev–Trinajstić information content (AvgIpc) is 3.66. The monoisotopic (exact) mass is 624 g/mol. The highest BCUT2D eigenvalue weighted by Crippen LogP contribution is 2.62. The van der Waals surface area contributed by atoms with Gasteiger partial charge in [-0.15, -0.1) is 0 Å². The van der Waals surface area contributed by atoms with Gasteiger partial charge in [0.25, 0.3) is 0 Å². The molecule has 2 aliphatic carbocycles. The number of nitrogens with zero attached hydrogens (tertiary/aromatic N) is 4. The fourth-order valence-electron chi connectivity index (χ4n) is 7.91. The predicted octanol–water partition coefficient (Wildman–Crippen LogP) is 10.3. The SMILES string of the molecule is c1ccc(-c2nc(-c3ccc(-c4ccccn4)cc3)nc(-c3ccc4c(c3)C3(c5ccccc5-c5ccccc53)c3ccccc3-4)n2)cc1. The molecule has 1 spiro atoms. The Kier molecular flexibility index (Phi) is 6.06. The van der Waals surface area contributed by atoms with Crippen molar-refractivity contribution in [2.45, 2.75) is 5.41 Å². The molecule has 0 bridgehead atoms. The van der Waals surface area contributed by atoms with Gasteiger partial charge in [-0.05, 0) is 62.7 Å². The number of pyridine rings is 1. The van der Waals surface area contributed by atoms with E-state index in [9.17, 15) is 0 Å². The Labute approximate surface area is 284 Å². The second-order valence-electron chi connectivity index (χ2n) is 12.6. The largest absolute Gasteiger partial charge is 0.256 e. The highest BCUT2D eigenvalue weighted by Gasteiger charge is 2.51. The van der Waals surface area contributed by atoms with Crippen molar-refractivity contribution in [1.29, 1.82) is 0 Å². The smallest absolute Gasteiger partial charge is 0.164 e. The van der Waals surface area contributed by atoms with Gasteiger partial charge in [0.2, 0.25) is 0 Å². The Morgan fingerprint density at radius 1 is 0.327 bits per heavy atom. The lowest BCUT2D eigenvalue weighted by Gasteiger charge is -2.30. The average molecular weight is 625 g/mol. The van der Waals surface area contributed by atoms with Gasteiger partial charge in [0.1, 0.15) is 0 Å². The summed E-state index contributed by atoms with van der Waals surface area (Å²) in [6.45, 7) is 0. The molecule has 2 aliphatic rings. The first kappa shape index (κ1) is 27.6. The van der Waals surface area contributed by atoms with Gasteiger partial charge in [-0.25, -0.2) is 15.0 Å². The molecule has 0 atom stereocenters. The molecule has 228 valence electrons. The zero-order chi connectivity index (χ0) is 32.4. The molecule has 4 nitrogen and oxygen atoms in total. The maximum absolute atomic E-state index is 5.14. The molecule has 2 aromatic heterocycles. The van der Waals surface area contributed by atoms with Gasteiger partial charge in [-0.1, -0.05) is 146 Å². The molecule has 0 radical (unpaired) electrons. The van der Waals surface area contributed by atoms with E-state index in [1.165, 1.54) is 44.5 Å². The van der Waals surface area contributed by atoms with Crippen LogP contribution in [0.1, 0.15) is 22.3 Å². The second-order valence-corrected chi connectivity index (χ2v) is 12.6. The molecule has 49 heavy (non-hydrogen) atoms. The Hall–Kier alpha value is -6.52. The molecule has 0 amide bonds. The van der Waals surface area contributed by atoms with E-state index in [-0.39, 0.29) is 0 Å². The Morgan fingerprint density at radius 2 is 0.776 bits per heavy atom. The van der Waals surface area contributed by atoms with Crippen LogP contribution in [0, 0.1) is 0 Å². The summed E-state index contributed by atoms with van der Waals surface area (Å²) < 4.78 is 0. The van der Waals surface area contributed by atoms with Gasteiger partial charge >= 0.3 is 0 Å². The maximum atomic E-state index is 5.14. The fourth-order valence-corrected chi connectivity index (χ4v) is 7.91. The third kappa shape index (κ3) is 4.11. The molecule has 0 saturated carbocycles. The second kappa shape index (κ2) is 10.8. The van der Waals surface area contributed by atoms with E-state index in [2.05, 4.69) is 120 Å². The van der Waals surface area contributed by atoms with Crippen LogP contribution in [0.25, 0.3) is 67.7 Å². The lowest BCUT2D eigenvalue weighted by molar-refractivity contribution is 0.794. The van der Waals surface area contributed by atoms with Crippen molar-refractivity contribution in [2.24, 2.45) is 0 Å². The normalized spacial score (nSPS) is 13.1. The van der Waals surface area contributed by atoms with E-state index >= 15 is 0 Å². The molecule has 0 saturated heterocycles.